The van der Waals surface area contributed by atoms with Crippen LogP contribution in [0.15, 0.2) is 30.3 Å². The highest BCUT2D eigenvalue weighted by Crippen LogP contribution is 2.35. The Balaban J connectivity index is 2.38. The molecule has 0 aliphatic rings. The Labute approximate surface area is 298 Å². The highest BCUT2D eigenvalue weighted by atomic mass is 127. The van der Waals surface area contributed by atoms with E-state index in [1.54, 1.807) is 24.3 Å². The maximum atomic E-state index is 12.4. The minimum Gasteiger partial charge on any atom is -0.549 e. The lowest BCUT2D eigenvalue weighted by molar-refractivity contribution is -0.314. The number of carboxylic acid groups (broad SMARTS) is 5. The molecule has 15 nitrogen and oxygen atoms in total. The van der Waals surface area contributed by atoms with Crippen molar-refractivity contribution in [2.24, 2.45) is 0 Å². The highest BCUT2D eigenvalue weighted by molar-refractivity contribution is 14.1. The smallest absolute Gasteiger partial charge is 0.154 e. The molecule has 0 aliphatic carbocycles. The Hall–Kier alpha value is -2.54. The van der Waals surface area contributed by atoms with E-state index in [1.165, 1.54) is 11.0 Å². The number of carbonyl (C=O) groups excluding carboxylic acids is 5. The number of rotatable bonds is 20. The normalized spacial score (nSPS) is 12.0. The van der Waals surface area contributed by atoms with Crippen molar-refractivity contribution >= 4 is 97.6 Å². The Morgan fingerprint density at radius 3 is 1.51 bits per heavy atom. The second-order valence-corrected chi connectivity index (χ2v) is 13.1. The molecule has 2 aromatic carbocycles. The van der Waals surface area contributed by atoms with E-state index >= 15 is 0 Å². The van der Waals surface area contributed by atoms with Crippen LogP contribution in [0.2, 0.25) is 0 Å². The van der Waals surface area contributed by atoms with Crippen molar-refractivity contribution in [3.63, 3.8) is 0 Å². The standard InChI is InChI=1S/C27H30I3N3O12/c28-17-10-16(1-2-21(17)34)45-26-18(29)7-15(8-19(26)30)9-20(27(43)44)33(5-3-31(11-22(35)36)12-23(37)38)6-4-32(13-24(39)40)14-25(41)42/h1-2,7-8,10,20,34H,3-6,9,11-14H2,(H,35,36)(H,37,38)(H,39,40)(H,41,42)(H,43,44)/p-5. The summed E-state index contributed by atoms with van der Waals surface area (Å²) in [7, 11) is 0. The number of phenols is 1. The van der Waals surface area contributed by atoms with E-state index in [2.05, 4.69) is 0 Å². The first-order valence-electron chi connectivity index (χ1n) is 12.9. The van der Waals surface area contributed by atoms with Gasteiger partial charge in [-0.2, -0.15) is 0 Å². The summed E-state index contributed by atoms with van der Waals surface area (Å²) in [5.74, 6) is -6.85. The molecule has 1 unspecified atom stereocenters. The minimum absolute atomic E-state index is 0.0883. The minimum atomic E-state index is -1.58. The van der Waals surface area contributed by atoms with Crippen LogP contribution < -0.4 is 30.3 Å². The molecular weight excluding hydrogens is 939 g/mol. The molecule has 0 bridgehead atoms. The zero-order valence-corrected chi connectivity index (χ0v) is 29.7. The molecule has 0 saturated heterocycles. The predicted octanol–water partition coefficient (Wildman–Crippen LogP) is -4.44. The van der Waals surface area contributed by atoms with Gasteiger partial charge in [0, 0.05) is 52.4 Å². The van der Waals surface area contributed by atoms with E-state index in [9.17, 15) is 54.6 Å². The van der Waals surface area contributed by atoms with Crippen molar-refractivity contribution in [1.82, 2.24) is 14.7 Å². The van der Waals surface area contributed by atoms with Crippen molar-refractivity contribution in [2.45, 2.75) is 12.5 Å². The van der Waals surface area contributed by atoms with E-state index in [-0.39, 0.29) is 38.3 Å². The molecule has 18 heteroatoms. The predicted molar refractivity (Wildman–Crippen MR) is 170 cm³/mol. The van der Waals surface area contributed by atoms with Crippen LogP contribution in [0.4, 0.5) is 0 Å². The van der Waals surface area contributed by atoms with Gasteiger partial charge in [0.1, 0.15) is 11.5 Å². The number of halogens is 3. The van der Waals surface area contributed by atoms with Crippen molar-refractivity contribution in [3.05, 3.63) is 46.6 Å². The van der Waals surface area contributed by atoms with Crippen LogP contribution in [0.1, 0.15) is 5.56 Å². The fraction of sp³-hybridized carbons (Fsp3) is 0.370. The summed E-state index contributed by atoms with van der Waals surface area (Å²) in [6.07, 6.45) is -0.159. The van der Waals surface area contributed by atoms with Gasteiger partial charge in [0.15, 0.2) is 5.75 Å². The summed E-state index contributed by atoms with van der Waals surface area (Å²) in [5, 5.41) is 66.8. The molecule has 45 heavy (non-hydrogen) atoms. The zero-order valence-electron chi connectivity index (χ0n) is 23.2. The lowest BCUT2D eigenvalue weighted by atomic mass is 10.0. The quantitative estimate of drug-likeness (QED) is 0.123. The van der Waals surface area contributed by atoms with Crippen LogP contribution in [-0.2, 0) is 30.4 Å². The lowest BCUT2D eigenvalue weighted by Crippen LogP contribution is -2.55. The summed E-state index contributed by atoms with van der Waals surface area (Å²) >= 11 is 5.98. The molecule has 0 aliphatic heterocycles. The molecular formula is C27H25I3N3O12-5. The first-order valence-corrected chi connectivity index (χ1v) is 16.1. The molecule has 2 aromatic rings. The van der Waals surface area contributed by atoms with Crippen molar-refractivity contribution < 1.29 is 59.3 Å². The van der Waals surface area contributed by atoms with Crippen LogP contribution in [-0.4, -0.2) is 108 Å². The molecule has 1 atom stereocenters. The Bertz CT molecular complexity index is 1320. The van der Waals surface area contributed by atoms with Gasteiger partial charge in [0.25, 0.3) is 0 Å². The van der Waals surface area contributed by atoms with Gasteiger partial charge < -0.3 is 59.3 Å². The van der Waals surface area contributed by atoms with Crippen LogP contribution in [0.5, 0.6) is 17.2 Å². The Morgan fingerprint density at radius 1 is 0.689 bits per heavy atom. The molecule has 2 rings (SSSR count). The number of aromatic hydroxyl groups is 1. The van der Waals surface area contributed by atoms with Gasteiger partial charge in [0.05, 0.1) is 46.6 Å². The number of phenolic OH excluding ortho intramolecular Hbond substituents is 1. The monoisotopic (exact) mass is 964 g/mol. The summed E-state index contributed by atoms with van der Waals surface area (Å²) < 4.78 is 7.79. The van der Waals surface area contributed by atoms with Crippen LogP contribution in [0.25, 0.3) is 0 Å². The van der Waals surface area contributed by atoms with Crippen LogP contribution in [0.3, 0.4) is 0 Å². The van der Waals surface area contributed by atoms with Gasteiger partial charge in [-0.25, -0.2) is 0 Å². The number of benzene rings is 2. The molecule has 1 N–H and O–H groups in total. The van der Waals surface area contributed by atoms with Gasteiger partial charge in [-0.3, -0.25) is 14.7 Å². The first-order chi connectivity index (χ1) is 21.0. The summed E-state index contributed by atoms with van der Waals surface area (Å²) in [6, 6.07) is 6.64. The molecule has 0 aromatic heterocycles. The maximum Gasteiger partial charge on any atom is 0.154 e. The van der Waals surface area contributed by atoms with Crippen molar-refractivity contribution in [1.29, 1.82) is 0 Å². The number of nitrogens with zero attached hydrogens (tertiary/aromatic N) is 3. The molecule has 246 valence electrons. The topological polar surface area (TPSA) is 240 Å². The van der Waals surface area contributed by atoms with Crippen molar-refractivity contribution in [2.75, 3.05) is 52.4 Å². The molecule has 0 heterocycles. The SMILES string of the molecule is O=C([O-])CN(CCN(CCN(CC(=O)[O-])CC(=O)[O-])C(Cc1cc(I)c(Oc2ccc(O)c(I)c2)c(I)c1)C(=O)[O-])CC(=O)[O-]. The third kappa shape index (κ3) is 13.8. The molecule has 0 spiro atoms. The largest absolute Gasteiger partial charge is 0.549 e. The van der Waals surface area contributed by atoms with E-state index in [4.69, 9.17) is 4.74 Å². The number of aliphatic carboxylic acids is 5. The van der Waals surface area contributed by atoms with E-state index in [0.29, 0.717) is 27.8 Å². The van der Waals surface area contributed by atoms with Gasteiger partial charge >= 0.3 is 0 Å². The number of ether oxygens (including phenoxy) is 1. The number of hydrogen-bond acceptors (Lipinski definition) is 15. The number of carboxylic acids is 5. The molecule has 0 saturated carbocycles. The number of hydrogen-bond donors (Lipinski definition) is 1. The fourth-order valence-electron chi connectivity index (χ4n) is 4.20. The van der Waals surface area contributed by atoms with Gasteiger partial charge in [0.2, 0.25) is 0 Å². The third-order valence-corrected chi connectivity index (χ3v) is 8.62. The van der Waals surface area contributed by atoms with Crippen LogP contribution in [0, 0.1) is 10.7 Å². The number of carbonyl (C=O) groups is 5. The summed E-state index contributed by atoms with van der Waals surface area (Å²) in [5.41, 5.74) is 0.526. The third-order valence-electron chi connectivity index (χ3n) is 6.16. The van der Waals surface area contributed by atoms with Gasteiger partial charge in [-0.05, 0) is 110 Å². The van der Waals surface area contributed by atoms with E-state index in [0.717, 1.165) is 9.80 Å². The first kappa shape index (κ1) is 38.6. The van der Waals surface area contributed by atoms with E-state index < -0.39 is 62.1 Å². The lowest BCUT2D eigenvalue weighted by Gasteiger charge is -2.36. The maximum absolute atomic E-state index is 12.4. The average molecular weight is 964 g/mol. The molecule has 0 fully saturated rings. The Kier molecular flexibility index (Phi) is 15.9. The summed E-state index contributed by atoms with van der Waals surface area (Å²) in [4.78, 5) is 60.2. The molecule has 0 radical (unpaired) electrons. The fourth-order valence-corrected chi connectivity index (χ4v) is 6.81. The second-order valence-electron chi connectivity index (χ2n) is 9.59. The average Bonchev–Trinajstić information content (AvgIpc) is 2.90. The Morgan fingerprint density at radius 2 is 1.13 bits per heavy atom. The van der Waals surface area contributed by atoms with Crippen molar-refractivity contribution in [3.8, 4) is 17.2 Å². The highest BCUT2D eigenvalue weighted by Gasteiger charge is 2.24. The second kappa shape index (κ2) is 18.6. The van der Waals surface area contributed by atoms with E-state index in [1.807, 2.05) is 67.8 Å². The summed E-state index contributed by atoms with van der Waals surface area (Å²) in [6.45, 7) is -4.21. The van der Waals surface area contributed by atoms with Crippen LogP contribution >= 0.6 is 67.8 Å². The zero-order chi connectivity index (χ0) is 33.8. The van der Waals surface area contributed by atoms with Gasteiger partial charge in [-0.1, -0.05) is 0 Å². The van der Waals surface area contributed by atoms with Gasteiger partial charge in [-0.15, -0.1) is 0 Å². The molecule has 0 amide bonds.